The van der Waals surface area contributed by atoms with Crippen LogP contribution >= 0.6 is 0 Å². The second-order valence-corrected chi connectivity index (χ2v) is 14.7. The largest absolute Gasteiger partial charge is 0.465 e. The monoisotopic (exact) mass is 380 g/mol. The summed E-state index contributed by atoms with van der Waals surface area (Å²) in [7, 11) is -1.87. The highest BCUT2D eigenvalue weighted by molar-refractivity contribution is 6.87. The van der Waals surface area contributed by atoms with Crippen LogP contribution in [0.1, 0.15) is 60.3 Å². The van der Waals surface area contributed by atoms with Crippen molar-refractivity contribution in [3.63, 3.8) is 0 Å². The van der Waals surface area contributed by atoms with Gasteiger partial charge in [-0.05, 0) is 18.4 Å². The Kier molecular flexibility index (Phi) is 6.11. The summed E-state index contributed by atoms with van der Waals surface area (Å²) in [6.45, 7) is 16.1. The molecule has 148 valence electrons. The lowest BCUT2D eigenvalue weighted by Gasteiger charge is -2.41. The van der Waals surface area contributed by atoms with E-state index >= 15 is 0 Å². The van der Waals surface area contributed by atoms with Gasteiger partial charge in [0.15, 0.2) is 5.41 Å². The van der Waals surface area contributed by atoms with Crippen molar-refractivity contribution < 1.29 is 19.1 Å². The number of ether oxygens (including phenoxy) is 2. The van der Waals surface area contributed by atoms with E-state index in [9.17, 15) is 9.59 Å². The average Bonchev–Trinajstić information content (AvgIpc) is 3.04. The first-order valence-electron chi connectivity index (χ1n) is 10.1. The van der Waals surface area contributed by atoms with Crippen LogP contribution in [-0.4, -0.2) is 33.2 Å². The number of carbonyl (C=O) groups excluding carboxylic acids is 2. The van der Waals surface area contributed by atoms with Crippen molar-refractivity contribution in [3.05, 3.63) is 11.3 Å². The van der Waals surface area contributed by atoms with E-state index in [2.05, 4.69) is 46.9 Å². The molecular formula is C21H36O4Si. The van der Waals surface area contributed by atoms with Crippen LogP contribution in [0.3, 0.4) is 0 Å². The Balaban J connectivity index is 2.52. The maximum absolute atomic E-state index is 13.1. The highest BCUT2D eigenvalue weighted by Gasteiger charge is 2.68. The van der Waals surface area contributed by atoms with Crippen molar-refractivity contribution in [2.45, 2.75) is 78.4 Å². The molecule has 26 heavy (non-hydrogen) atoms. The number of allylic oxidation sites excluding steroid dienone is 1. The SMILES string of the molecule is CCCCC[C@H]1C=C([Si](C)(C)C(C)(C)C)[C@H]2COC(=O)[C@@]12C(=O)OCC. The molecule has 0 unspecified atom stereocenters. The van der Waals surface area contributed by atoms with Crippen molar-refractivity contribution >= 4 is 20.0 Å². The van der Waals surface area contributed by atoms with E-state index in [1.807, 2.05) is 0 Å². The molecule has 1 heterocycles. The predicted molar refractivity (Wildman–Crippen MR) is 106 cm³/mol. The third-order valence-electron chi connectivity index (χ3n) is 6.94. The Morgan fingerprint density at radius 2 is 1.96 bits per heavy atom. The summed E-state index contributed by atoms with van der Waals surface area (Å²) in [6, 6.07) is 0. The van der Waals surface area contributed by atoms with Gasteiger partial charge in [-0.1, -0.05) is 71.3 Å². The molecule has 0 radical (unpaired) electrons. The molecule has 1 saturated heterocycles. The quantitative estimate of drug-likeness (QED) is 0.273. The number of carbonyl (C=O) groups is 2. The van der Waals surface area contributed by atoms with Gasteiger partial charge in [0.1, 0.15) is 0 Å². The Bertz CT molecular complexity index is 587. The zero-order valence-electron chi connectivity index (χ0n) is 17.6. The zero-order valence-corrected chi connectivity index (χ0v) is 18.6. The van der Waals surface area contributed by atoms with Gasteiger partial charge in [0.2, 0.25) is 0 Å². The number of hydrogen-bond donors (Lipinski definition) is 0. The highest BCUT2D eigenvalue weighted by atomic mass is 28.3. The molecule has 1 fully saturated rings. The number of hydrogen-bond acceptors (Lipinski definition) is 4. The van der Waals surface area contributed by atoms with Crippen molar-refractivity contribution in [1.29, 1.82) is 0 Å². The fourth-order valence-electron chi connectivity index (χ4n) is 4.39. The minimum Gasteiger partial charge on any atom is -0.465 e. The molecule has 5 heteroatoms. The minimum absolute atomic E-state index is 0.0998. The molecule has 1 aliphatic heterocycles. The summed E-state index contributed by atoms with van der Waals surface area (Å²) in [5, 5.41) is 1.47. The summed E-state index contributed by atoms with van der Waals surface area (Å²) < 4.78 is 10.9. The van der Waals surface area contributed by atoms with E-state index in [1.54, 1.807) is 6.92 Å². The second-order valence-electron chi connectivity index (χ2n) is 9.34. The lowest BCUT2D eigenvalue weighted by Crippen LogP contribution is -2.49. The topological polar surface area (TPSA) is 52.6 Å². The second kappa shape index (κ2) is 7.49. The first-order chi connectivity index (χ1) is 12.0. The van der Waals surface area contributed by atoms with Gasteiger partial charge < -0.3 is 9.47 Å². The molecule has 0 aromatic rings. The molecule has 2 rings (SSSR count). The maximum atomic E-state index is 13.1. The van der Waals surface area contributed by atoms with Crippen molar-refractivity contribution in [3.8, 4) is 0 Å². The Morgan fingerprint density at radius 1 is 1.31 bits per heavy atom. The summed E-state index contributed by atoms with van der Waals surface area (Å²) in [6.07, 6.45) is 6.37. The summed E-state index contributed by atoms with van der Waals surface area (Å²) in [5.41, 5.74) is -1.14. The molecule has 3 atom stereocenters. The van der Waals surface area contributed by atoms with E-state index < -0.39 is 13.5 Å². The van der Waals surface area contributed by atoms with Crippen molar-refractivity contribution in [2.75, 3.05) is 13.2 Å². The molecule has 0 aromatic carbocycles. The summed E-state index contributed by atoms with van der Waals surface area (Å²) in [4.78, 5) is 26.0. The highest BCUT2D eigenvalue weighted by Crippen LogP contribution is 2.59. The number of unbranched alkanes of at least 4 members (excludes halogenated alkanes) is 2. The van der Waals surface area contributed by atoms with Gasteiger partial charge in [0, 0.05) is 11.8 Å². The molecule has 2 aliphatic rings. The van der Waals surface area contributed by atoms with Gasteiger partial charge in [-0.15, -0.1) is 0 Å². The molecule has 0 bridgehead atoms. The first-order valence-corrected chi connectivity index (χ1v) is 13.1. The van der Waals surface area contributed by atoms with Crippen LogP contribution in [0.15, 0.2) is 11.3 Å². The smallest absolute Gasteiger partial charge is 0.324 e. The predicted octanol–water partition coefficient (Wildman–Crippen LogP) is 4.89. The van der Waals surface area contributed by atoms with Gasteiger partial charge in [-0.3, -0.25) is 9.59 Å². The number of rotatable bonds is 7. The molecule has 0 amide bonds. The lowest BCUT2D eigenvalue weighted by atomic mass is 9.70. The Labute approximate surface area is 159 Å². The normalized spacial score (nSPS) is 28.6. The van der Waals surface area contributed by atoms with E-state index in [1.165, 1.54) is 5.20 Å². The van der Waals surface area contributed by atoms with Gasteiger partial charge in [-0.2, -0.15) is 0 Å². The first kappa shape index (κ1) is 21.2. The third-order valence-corrected chi connectivity index (χ3v) is 12.6. The van der Waals surface area contributed by atoms with E-state index in [0.29, 0.717) is 6.61 Å². The lowest BCUT2D eigenvalue weighted by molar-refractivity contribution is -0.168. The third kappa shape index (κ3) is 3.16. The number of cyclic esters (lactones) is 1. The van der Waals surface area contributed by atoms with E-state index in [-0.39, 0.29) is 35.4 Å². The molecule has 0 aromatic heterocycles. The molecule has 0 spiro atoms. The van der Waals surface area contributed by atoms with Crippen LogP contribution in [0, 0.1) is 17.3 Å². The maximum Gasteiger partial charge on any atom is 0.324 e. The fourth-order valence-corrected chi connectivity index (χ4v) is 7.06. The fraction of sp³-hybridized carbons (Fsp3) is 0.810. The van der Waals surface area contributed by atoms with Crippen LogP contribution in [0.25, 0.3) is 0 Å². The van der Waals surface area contributed by atoms with Crippen LogP contribution in [0.2, 0.25) is 18.1 Å². The molecule has 4 nitrogen and oxygen atoms in total. The number of esters is 2. The molecular weight excluding hydrogens is 344 g/mol. The summed E-state index contributed by atoms with van der Waals surface area (Å²) >= 11 is 0. The Morgan fingerprint density at radius 3 is 2.50 bits per heavy atom. The van der Waals surface area contributed by atoms with Crippen LogP contribution in [0.5, 0.6) is 0 Å². The van der Waals surface area contributed by atoms with Crippen molar-refractivity contribution in [2.24, 2.45) is 17.3 Å². The molecule has 0 N–H and O–H groups in total. The van der Waals surface area contributed by atoms with Crippen molar-refractivity contribution in [1.82, 2.24) is 0 Å². The number of fused-ring (bicyclic) bond motifs is 1. The average molecular weight is 381 g/mol. The standard InChI is InChI=1S/C21H36O4Si/c1-8-10-11-12-15-13-17(26(6,7)20(3,4)5)16-14-25-19(23)21(15,16)18(22)24-9-2/h13,15-16H,8-12,14H2,1-7H3/t15-,16+,21-/m0/s1. The van der Waals surface area contributed by atoms with Crippen LogP contribution in [0.4, 0.5) is 0 Å². The zero-order chi connectivity index (χ0) is 19.8. The van der Waals surface area contributed by atoms with Gasteiger partial charge in [0.05, 0.1) is 21.3 Å². The van der Waals surface area contributed by atoms with Gasteiger partial charge in [-0.25, -0.2) is 0 Å². The summed E-state index contributed by atoms with van der Waals surface area (Å²) in [5.74, 6) is -0.995. The minimum atomic E-state index is -1.87. The molecule has 1 aliphatic carbocycles. The van der Waals surface area contributed by atoms with Crippen LogP contribution < -0.4 is 0 Å². The Hall–Kier alpha value is -1.10. The molecule has 0 saturated carbocycles. The van der Waals surface area contributed by atoms with Gasteiger partial charge >= 0.3 is 11.9 Å². The van der Waals surface area contributed by atoms with Gasteiger partial charge in [0.25, 0.3) is 0 Å². The van der Waals surface area contributed by atoms with Crippen LogP contribution in [-0.2, 0) is 19.1 Å². The van der Waals surface area contributed by atoms with E-state index in [0.717, 1.165) is 25.7 Å². The van der Waals surface area contributed by atoms with E-state index in [4.69, 9.17) is 9.47 Å².